The van der Waals surface area contributed by atoms with E-state index >= 15 is 0 Å². The Hall–Kier alpha value is -2.80. The van der Waals surface area contributed by atoms with Gasteiger partial charge in [-0.15, -0.1) is 10.2 Å². The average molecular weight is 369 g/mol. The SMILES string of the molecule is COC(=O)C(C)Sc1nnc(-c2cccc(OC)c2)n1-c1ccccc1. The van der Waals surface area contributed by atoms with Gasteiger partial charge < -0.3 is 9.47 Å². The number of methoxy groups -OCH3 is 2. The van der Waals surface area contributed by atoms with Crippen molar-refractivity contribution in [3.63, 3.8) is 0 Å². The number of carbonyl (C=O) groups excluding carboxylic acids is 1. The topological polar surface area (TPSA) is 66.2 Å². The van der Waals surface area contributed by atoms with Gasteiger partial charge in [0, 0.05) is 11.3 Å². The van der Waals surface area contributed by atoms with Crippen LogP contribution >= 0.6 is 11.8 Å². The third kappa shape index (κ3) is 3.72. The van der Waals surface area contributed by atoms with E-state index in [1.54, 1.807) is 14.0 Å². The zero-order valence-electron chi connectivity index (χ0n) is 14.7. The number of hydrogen-bond acceptors (Lipinski definition) is 6. The van der Waals surface area contributed by atoms with Crippen molar-refractivity contribution in [3.05, 3.63) is 54.6 Å². The van der Waals surface area contributed by atoms with Crippen LogP contribution in [0.5, 0.6) is 5.75 Å². The lowest BCUT2D eigenvalue weighted by molar-refractivity contribution is -0.139. The van der Waals surface area contributed by atoms with Crippen molar-refractivity contribution in [2.24, 2.45) is 0 Å². The summed E-state index contributed by atoms with van der Waals surface area (Å²) < 4.78 is 12.1. The van der Waals surface area contributed by atoms with E-state index in [4.69, 9.17) is 9.47 Å². The van der Waals surface area contributed by atoms with Gasteiger partial charge in [0.1, 0.15) is 11.0 Å². The molecule has 0 radical (unpaired) electrons. The lowest BCUT2D eigenvalue weighted by atomic mass is 10.2. The second-order valence-electron chi connectivity index (χ2n) is 5.49. The zero-order chi connectivity index (χ0) is 18.5. The van der Waals surface area contributed by atoms with Crippen molar-refractivity contribution in [2.75, 3.05) is 14.2 Å². The largest absolute Gasteiger partial charge is 0.497 e. The summed E-state index contributed by atoms with van der Waals surface area (Å²) in [5, 5.41) is 8.89. The van der Waals surface area contributed by atoms with Crippen molar-refractivity contribution in [2.45, 2.75) is 17.3 Å². The van der Waals surface area contributed by atoms with Crippen LogP contribution in [0.25, 0.3) is 17.1 Å². The Morgan fingerprint density at radius 2 is 1.85 bits per heavy atom. The molecule has 0 N–H and O–H groups in total. The standard InChI is InChI=1S/C19H19N3O3S/c1-13(18(23)25-3)26-19-21-20-17(14-8-7-11-16(12-14)24-2)22(19)15-9-5-4-6-10-15/h4-13H,1-3H3. The number of para-hydroxylation sites is 1. The first-order chi connectivity index (χ1) is 12.6. The predicted molar refractivity (Wildman–Crippen MR) is 101 cm³/mol. The Morgan fingerprint density at radius 1 is 1.08 bits per heavy atom. The maximum atomic E-state index is 11.8. The first kappa shape index (κ1) is 18.0. The lowest BCUT2D eigenvalue weighted by Gasteiger charge is -2.12. The second-order valence-corrected chi connectivity index (χ2v) is 6.80. The zero-order valence-corrected chi connectivity index (χ0v) is 15.6. The molecular formula is C19H19N3O3S. The summed E-state index contributed by atoms with van der Waals surface area (Å²) in [7, 11) is 3.00. The van der Waals surface area contributed by atoms with Crippen LogP contribution in [-0.4, -0.2) is 40.2 Å². The van der Waals surface area contributed by atoms with Gasteiger partial charge in [0.25, 0.3) is 0 Å². The summed E-state index contributed by atoms with van der Waals surface area (Å²) >= 11 is 1.31. The van der Waals surface area contributed by atoms with E-state index < -0.39 is 5.25 Å². The van der Waals surface area contributed by atoms with E-state index in [2.05, 4.69) is 10.2 Å². The molecule has 3 aromatic rings. The van der Waals surface area contributed by atoms with Gasteiger partial charge in [-0.2, -0.15) is 0 Å². The maximum absolute atomic E-state index is 11.8. The van der Waals surface area contributed by atoms with Gasteiger partial charge in [0.2, 0.25) is 0 Å². The third-order valence-corrected chi connectivity index (χ3v) is 4.81. The minimum atomic E-state index is -0.398. The number of rotatable bonds is 6. The van der Waals surface area contributed by atoms with Gasteiger partial charge in [-0.25, -0.2) is 0 Å². The molecule has 134 valence electrons. The van der Waals surface area contributed by atoms with Gasteiger partial charge in [0.15, 0.2) is 11.0 Å². The second kappa shape index (κ2) is 8.05. The van der Waals surface area contributed by atoms with E-state index in [9.17, 15) is 4.79 Å². The maximum Gasteiger partial charge on any atom is 0.318 e. The molecule has 0 saturated heterocycles. The Morgan fingerprint density at radius 3 is 2.54 bits per heavy atom. The molecule has 0 aliphatic heterocycles. The summed E-state index contributed by atoms with van der Waals surface area (Å²) in [5.41, 5.74) is 1.79. The van der Waals surface area contributed by atoms with Crippen molar-refractivity contribution < 1.29 is 14.3 Å². The number of thioether (sulfide) groups is 1. The van der Waals surface area contributed by atoms with Gasteiger partial charge in [-0.1, -0.05) is 42.1 Å². The van der Waals surface area contributed by atoms with E-state index in [0.29, 0.717) is 11.0 Å². The third-order valence-electron chi connectivity index (χ3n) is 3.79. The van der Waals surface area contributed by atoms with Crippen LogP contribution in [0.15, 0.2) is 59.8 Å². The van der Waals surface area contributed by atoms with Crippen LogP contribution in [0.4, 0.5) is 0 Å². The van der Waals surface area contributed by atoms with Gasteiger partial charge >= 0.3 is 5.97 Å². The Labute approximate surface area is 156 Å². The number of carbonyl (C=O) groups is 1. The van der Waals surface area contributed by atoms with E-state index in [1.807, 2.05) is 59.2 Å². The van der Waals surface area contributed by atoms with Crippen molar-refractivity contribution in [1.82, 2.24) is 14.8 Å². The van der Waals surface area contributed by atoms with Crippen molar-refractivity contribution in [1.29, 1.82) is 0 Å². The number of benzene rings is 2. The fourth-order valence-corrected chi connectivity index (χ4v) is 3.37. The molecule has 0 amide bonds. The minimum Gasteiger partial charge on any atom is -0.497 e. The van der Waals surface area contributed by atoms with Gasteiger partial charge in [-0.05, 0) is 31.2 Å². The van der Waals surface area contributed by atoms with Crippen molar-refractivity contribution in [3.8, 4) is 22.8 Å². The molecule has 0 aliphatic rings. The molecule has 7 heteroatoms. The minimum absolute atomic E-state index is 0.305. The molecule has 3 rings (SSSR count). The highest BCUT2D eigenvalue weighted by Crippen LogP contribution is 2.31. The van der Waals surface area contributed by atoms with Crippen molar-refractivity contribution >= 4 is 17.7 Å². The first-order valence-electron chi connectivity index (χ1n) is 8.03. The number of hydrogen-bond donors (Lipinski definition) is 0. The first-order valence-corrected chi connectivity index (χ1v) is 8.91. The summed E-state index contributed by atoms with van der Waals surface area (Å²) in [6.45, 7) is 1.78. The highest BCUT2D eigenvalue weighted by molar-refractivity contribution is 8.00. The summed E-state index contributed by atoms with van der Waals surface area (Å²) in [6, 6.07) is 17.4. The lowest BCUT2D eigenvalue weighted by Crippen LogP contribution is -2.15. The van der Waals surface area contributed by atoms with Crippen LogP contribution in [0.2, 0.25) is 0 Å². The molecule has 0 fully saturated rings. The molecule has 26 heavy (non-hydrogen) atoms. The fraction of sp³-hybridized carbons (Fsp3) is 0.211. The number of nitrogens with zero attached hydrogens (tertiary/aromatic N) is 3. The molecular weight excluding hydrogens is 350 g/mol. The normalized spacial score (nSPS) is 11.8. The van der Waals surface area contributed by atoms with Crippen LogP contribution in [0.3, 0.4) is 0 Å². The number of ether oxygens (including phenoxy) is 2. The van der Waals surface area contributed by atoms with E-state index in [-0.39, 0.29) is 5.97 Å². The molecule has 0 saturated carbocycles. The van der Waals surface area contributed by atoms with Crippen LogP contribution in [0.1, 0.15) is 6.92 Å². The molecule has 2 aromatic carbocycles. The molecule has 1 atom stereocenters. The van der Waals surface area contributed by atoms with E-state index in [0.717, 1.165) is 17.0 Å². The summed E-state index contributed by atoms with van der Waals surface area (Å²) in [4.78, 5) is 11.8. The average Bonchev–Trinajstić information content (AvgIpc) is 3.11. The monoisotopic (exact) mass is 369 g/mol. The molecule has 0 bridgehead atoms. The van der Waals surface area contributed by atoms with Crippen LogP contribution in [0, 0.1) is 0 Å². The van der Waals surface area contributed by atoms with Gasteiger partial charge in [0.05, 0.1) is 14.2 Å². The Balaban J connectivity index is 2.09. The Bertz CT molecular complexity index is 896. The van der Waals surface area contributed by atoms with E-state index in [1.165, 1.54) is 18.9 Å². The number of esters is 1. The molecule has 0 aliphatic carbocycles. The molecule has 0 spiro atoms. The Kier molecular flexibility index (Phi) is 5.58. The number of aromatic nitrogens is 3. The highest BCUT2D eigenvalue weighted by Gasteiger charge is 2.22. The predicted octanol–water partition coefficient (Wildman–Crippen LogP) is 3.60. The summed E-state index contributed by atoms with van der Waals surface area (Å²) in [5.74, 6) is 1.11. The molecule has 1 heterocycles. The molecule has 1 unspecified atom stereocenters. The quantitative estimate of drug-likeness (QED) is 0.489. The molecule has 6 nitrogen and oxygen atoms in total. The van der Waals surface area contributed by atoms with Gasteiger partial charge in [-0.3, -0.25) is 9.36 Å². The van der Waals surface area contributed by atoms with Crippen LogP contribution < -0.4 is 4.74 Å². The summed E-state index contributed by atoms with van der Waals surface area (Å²) in [6.07, 6.45) is 0. The fourth-order valence-electron chi connectivity index (χ4n) is 2.48. The van der Waals surface area contributed by atoms with Crippen LogP contribution in [-0.2, 0) is 9.53 Å². The smallest absolute Gasteiger partial charge is 0.318 e. The highest BCUT2D eigenvalue weighted by atomic mass is 32.2. The molecule has 1 aromatic heterocycles.